The van der Waals surface area contributed by atoms with Crippen LogP contribution in [0.15, 0.2) is 12.2 Å². The lowest BCUT2D eigenvalue weighted by Crippen LogP contribution is -3.00. The molecule has 0 heterocycles. The Hall–Kier alpha value is 0.820. The molecule has 0 saturated carbocycles. The van der Waals surface area contributed by atoms with Crippen molar-refractivity contribution in [1.29, 1.82) is 0 Å². The Morgan fingerprint density at radius 3 is 1.86 bits per heavy atom. The van der Waals surface area contributed by atoms with E-state index in [1.807, 2.05) is 13.8 Å². The van der Waals surface area contributed by atoms with E-state index >= 15 is 0 Å². The van der Waals surface area contributed by atoms with Gasteiger partial charge in [0.15, 0.2) is 6.29 Å². The summed E-state index contributed by atoms with van der Waals surface area (Å²) in [6.07, 6.45) is 14.8. The topological polar surface area (TPSA) is 18.5 Å². The Morgan fingerprint density at radius 1 is 0.818 bits per heavy atom. The molecule has 134 valence electrons. The Balaban J connectivity index is 0. The van der Waals surface area contributed by atoms with E-state index in [0.717, 1.165) is 19.6 Å². The molecular formula is C18H38IO2P. The zero-order chi connectivity index (χ0) is 16.0. The van der Waals surface area contributed by atoms with Gasteiger partial charge >= 0.3 is 0 Å². The van der Waals surface area contributed by atoms with E-state index in [4.69, 9.17) is 9.47 Å². The van der Waals surface area contributed by atoms with Crippen molar-refractivity contribution in [3.05, 3.63) is 12.2 Å². The van der Waals surface area contributed by atoms with Crippen molar-refractivity contribution in [3.8, 4) is 0 Å². The lowest BCUT2D eigenvalue weighted by Gasteiger charge is -2.16. The Morgan fingerprint density at radius 2 is 1.36 bits per heavy atom. The maximum absolute atomic E-state index is 5.55. The van der Waals surface area contributed by atoms with Crippen molar-refractivity contribution in [3.63, 3.8) is 0 Å². The zero-order valence-electron chi connectivity index (χ0n) is 15.4. The summed E-state index contributed by atoms with van der Waals surface area (Å²) >= 11 is 0. The standard InChI is InChI=1S/C18H38O2P.HI/c1-6-19-18(20-7-2)16-14-12-10-8-9-11-13-15-17-21(3,4)5;/h9,11,18H,6-8,10,12-17H2,1-5H3;1H/q+1;/p-1/b11-9-;. The minimum Gasteiger partial charge on any atom is -1.00 e. The quantitative estimate of drug-likeness (QED) is 0.135. The summed E-state index contributed by atoms with van der Waals surface area (Å²) in [5, 5.41) is 0. The lowest BCUT2D eigenvalue weighted by atomic mass is 10.1. The largest absolute Gasteiger partial charge is 1.00 e. The van der Waals surface area contributed by atoms with Gasteiger partial charge in [0.1, 0.15) is 0 Å². The first kappa shape index (κ1) is 25.1. The molecule has 0 radical (unpaired) electrons. The zero-order valence-corrected chi connectivity index (χ0v) is 18.5. The predicted octanol–water partition coefficient (Wildman–Crippen LogP) is 2.58. The molecule has 0 aliphatic heterocycles. The molecular weight excluding hydrogens is 406 g/mol. The second kappa shape index (κ2) is 16.7. The third kappa shape index (κ3) is 18.9. The van der Waals surface area contributed by atoms with Gasteiger partial charge in [-0.2, -0.15) is 0 Å². The number of hydrogen-bond donors (Lipinski definition) is 0. The molecule has 0 aliphatic rings. The summed E-state index contributed by atoms with van der Waals surface area (Å²) in [6.45, 7) is 12.8. The van der Waals surface area contributed by atoms with E-state index in [1.54, 1.807) is 0 Å². The van der Waals surface area contributed by atoms with Crippen LogP contribution >= 0.6 is 7.26 Å². The van der Waals surface area contributed by atoms with Crippen LogP contribution in [-0.2, 0) is 9.47 Å². The monoisotopic (exact) mass is 444 g/mol. The van der Waals surface area contributed by atoms with Gasteiger partial charge in [-0.05, 0) is 52.4 Å². The van der Waals surface area contributed by atoms with E-state index in [0.29, 0.717) is 0 Å². The van der Waals surface area contributed by atoms with E-state index in [-0.39, 0.29) is 30.3 Å². The fourth-order valence-corrected chi connectivity index (χ4v) is 3.39. The molecule has 0 fully saturated rings. The first-order valence-corrected chi connectivity index (χ1v) is 12.0. The summed E-state index contributed by atoms with van der Waals surface area (Å²) < 4.78 is 11.1. The molecule has 0 saturated heterocycles. The van der Waals surface area contributed by atoms with E-state index < -0.39 is 7.26 Å². The normalized spacial score (nSPS) is 12.1. The number of halogens is 1. The van der Waals surface area contributed by atoms with Crippen LogP contribution in [0, 0.1) is 0 Å². The fourth-order valence-electron chi connectivity index (χ4n) is 2.26. The van der Waals surface area contributed by atoms with Crippen molar-refractivity contribution in [2.45, 2.75) is 65.1 Å². The SMILES string of the molecule is CCOC(CCCCC/C=C\CCC[P+](C)(C)C)OCC.[I-]. The van der Waals surface area contributed by atoms with Gasteiger partial charge in [-0.25, -0.2) is 0 Å². The van der Waals surface area contributed by atoms with Crippen LogP contribution in [0.5, 0.6) is 0 Å². The first-order valence-electron chi connectivity index (χ1n) is 8.68. The maximum atomic E-state index is 5.55. The van der Waals surface area contributed by atoms with Gasteiger partial charge in [0, 0.05) is 40.5 Å². The Kier molecular flexibility index (Phi) is 19.0. The molecule has 0 aromatic heterocycles. The van der Waals surface area contributed by atoms with Crippen LogP contribution in [0.3, 0.4) is 0 Å². The lowest BCUT2D eigenvalue weighted by molar-refractivity contribution is -0.140. The van der Waals surface area contributed by atoms with Crippen LogP contribution in [0.4, 0.5) is 0 Å². The second-order valence-electron chi connectivity index (χ2n) is 6.61. The number of rotatable bonds is 14. The molecule has 0 bridgehead atoms. The predicted molar refractivity (Wildman–Crippen MR) is 98.1 cm³/mol. The number of ether oxygens (including phenoxy) is 2. The third-order valence-corrected chi connectivity index (χ3v) is 5.04. The molecule has 0 N–H and O–H groups in total. The van der Waals surface area contributed by atoms with Gasteiger partial charge in [-0.3, -0.25) is 0 Å². The molecule has 22 heavy (non-hydrogen) atoms. The van der Waals surface area contributed by atoms with Gasteiger partial charge in [0.25, 0.3) is 0 Å². The summed E-state index contributed by atoms with van der Waals surface area (Å²) in [7, 11) is -0.565. The summed E-state index contributed by atoms with van der Waals surface area (Å²) in [4.78, 5) is 0. The molecule has 0 atom stereocenters. The number of allylic oxidation sites excluding steroid dienone is 2. The van der Waals surface area contributed by atoms with Crippen molar-refractivity contribution < 1.29 is 33.5 Å². The summed E-state index contributed by atoms with van der Waals surface area (Å²) in [6, 6.07) is 0. The summed E-state index contributed by atoms with van der Waals surface area (Å²) in [5.74, 6) is 0. The highest BCUT2D eigenvalue weighted by atomic mass is 127. The van der Waals surface area contributed by atoms with Gasteiger partial charge in [0.05, 0.1) is 6.16 Å². The van der Waals surface area contributed by atoms with E-state index in [9.17, 15) is 0 Å². The van der Waals surface area contributed by atoms with Crippen molar-refractivity contribution in [1.82, 2.24) is 0 Å². The molecule has 0 unspecified atom stereocenters. The molecule has 2 nitrogen and oxygen atoms in total. The highest BCUT2D eigenvalue weighted by molar-refractivity contribution is 7.73. The van der Waals surface area contributed by atoms with Crippen LogP contribution in [-0.4, -0.2) is 45.7 Å². The van der Waals surface area contributed by atoms with Gasteiger partial charge < -0.3 is 33.5 Å². The highest BCUT2D eigenvalue weighted by Gasteiger charge is 2.14. The van der Waals surface area contributed by atoms with Crippen molar-refractivity contribution in [2.75, 3.05) is 39.4 Å². The maximum Gasteiger partial charge on any atom is 0.157 e. The van der Waals surface area contributed by atoms with Crippen LogP contribution < -0.4 is 24.0 Å². The fraction of sp³-hybridized carbons (Fsp3) is 0.889. The van der Waals surface area contributed by atoms with Crippen molar-refractivity contribution in [2.24, 2.45) is 0 Å². The average molecular weight is 444 g/mol. The highest BCUT2D eigenvalue weighted by Crippen LogP contribution is 2.47. The minimum absolute atomic E-state index is 0. The molecule has 0 spiro atoms. The molecule has 0 rings (SSSR count). The Labute approximate surface area is 157 Å². The number of unbranched alkanes of at least 4 members (excludes halogenated alkanes) is 4. The van der Waals surface area contributed by atoms with Crippen molar-refractivity contribution >= 4 is 7.26 Å². The third-order valence-electron chi connectivity index (χ3n) is 3.38. The number of hydrogen-bond acceptors (Lipinski definition) is 2. The molecule has 0 amide bonds. The van der Waals surface area contributed by atoms with E-state index in [2.05, 4.69) is 32.1 Å². The van der Waals surface area contributed by atoms with E-state index in [1.165, 1.54) is 44.7 Å². The average Bonchev–Trinajstić information content (AvgIpc) is 2.40. The molecule has 0 aromatic carbocycles. The summed E-state index contributed by atoms with van der Waals surface area (Å²) in [5.41, 5.74) is 0. The first-order chi connectivity index (χ1) is 9.99. The molecule has 0 aromatic rings. The molecule has 0 aliphatic carbocycles. The van der Waals surface area contributed by atoms with Crippen LogP contribution in [0.1, 0.15) is 58.8 Å². The van der Waals surface area contributed by atoms with Gasteiger partial charge in [-0.1, -0.05) is 18.6 Å². The Bertz CT molecular complexity index is 246. The van der Waals surface area contributed by atoms with Crippen LogP contribution in [0.2, 0.25) is 0 Å². The second-order valence-corrected chi connectivity index (χ2v) is 11.6. The molecule has 4 heteroatoms. The minimum atomic E-state index is -0.565. The van der Waals surface area contributed by atoms with Crippen LogP contribution in [0.25, 0.3) is 0 Å². The van der Waals surface area contributed by atoms with Gasteiger partial charge in [0.2, 0.25) is 0 Å². The smallest absolute Gasteiger partial charge is 0.157 e. The van der Waals surface area contributed by atoms with Gasteiger partial charge in [-0.15, -0.1) is 0 Å².